The molecule has 0 radical (unpaired) electrons. The number of nitrogens with zero attached hydrogens (tertiary/aromatic N) is 3. The smallest absolute Gasteiger partial charge is 0.150 e. The molecule has 0 atom stereocenters. The van der Waals surface area contributed by atoms with Crippen LogP contribution in [0.1, 0.15) is 22.3 Å². The Kier molecular flexibility index (Phi) is 5.12. The summed E-state index contributed by atoms with van der Waals surface area (Å²) < 4.78 is 0. The summed E-state index contributed by atoms with van der Waals surface area (Å²) in [6.07, 6.45) is 4.97. The van der Waals surface area contributed by atoms with Gasteiger partial charge in [-0.3, -0.25) is 4.79 Å². The van der Waals surface area contributed by atoms with Gasteiger partial charge in [-0.15, -0.1) is 0 Å². The molecule has 1 rings (SSSR count). The molecule has 0 saturated carbocycles. The first-order chi connectivity index (χ1) is 7.79. The normalized spacial score (nSPS) is 10.1. The molecule has 0 saturated heterocycles. The van der Waals surface area contributed by atoms with Crippen LogP contribution in [0, 0.1) is 0 Å². The maximum absolute atomic E-state index is 10.8. The Morgan fingerprint density at radius 1 is 1.50 bits per heavy atom. The minimum absolute atomic E-state index is 0.397. The molecule has 0 N–H and O–H groups in total. The van der Waals surface area contributed by atoms with Crippen LogP contribution in [0.25, 0.3) is 16.5 Å². The Labute approximate surface area is 98.2 Å². The maximum atomic E-state index is 10.8. The number of hydrogen-bond donors (Lipinski definition) is 0. The maximum Gasteiger partial charge on any atom is 0.150 e. The van der Waals surface area contributed by atoms with Gasteiger partial charge >= 0.3 is 0 Å². The molecule has 0 amide bonds. The topological polar surface area (TPSA) is 65.8 Å². The summed E-state index contributed by atoms with van der Waals surface area (Å²) in [6.45, 7) is 0.397. The molecule has 1 aromatic carbocycles. The van der Waals surface area contributed by atoms with E-state index in [4.69, 9.17) is 17.1 Å². The number of aldehydes is 1. The molecule has 0 spiro atoms. The summed E-state index contributed by atoms with van der Waals surface area (Å²) >= 11 is 5.96. The summed E-state index contributed by atoms with van der Waals surface area (Å²) in [4.78, 5) is 13.4. The van der Waals surface area contributed by atoms with Crippen LogP contribution in [-0.2, 0) is 0 Å². The van der Waals surface area contributed by atoms with Crippen molar-refractivity contribution in [2.45, 2.75) is 6.42 Å². The first kappa shape index (κ1) is 12.3. The van der Waals surface area contributed by atoms with Crippen molar-refractivity contribution in [2.24, 2.45) is 5.11 Å². The van der Waals surface area contributed by atoms with E-state index in [0.717, 1.165) is 6.29 Å². The predicted molar refractivity (Wildman–Crippen MR) is 64.5 cm³/mol. The lowest BCUT2D eigenvalue weighted by Gasteiger charge is -2.00. The van der Waals surface area contributed by atoms with E-state index in [-0.39, 0.29) is 0 Å². The summed E-state index contributed by atoms with van der Waals surface area (Å²) in [5.74, 6) is 0. The second kappa shape index (κ2) is 6.67. The van der Waals surface area contributed by atoms with Crippen molar-refractivity contribution in [2.75, 3.05) is 6.54 Å². The molecule has 0 aliphatic carbocycles. The van der Waals surface area contributed by atoms with Crippen molar-refractivity contribution < 1.29 is 4.79 Å². The van der Waals surface area contributed by atoms with Gasteiger partial charge in [0.05, 0.1) is 0 Å². The molecule has 1 aromatic rings. The van der Waals surface area contributed by atoms with Gasteiger partial charge in [-0.1, -0.05) is 41.0 Å². The molecular formula is C11H10ClN3O. The lowest BCUT2D eigenvalue weighted by atomic mass is 10.1. The Morgan fingerprint density at radius 3 is 3.00 bits per heavy atom. The third-order valence-corrected chi connectivity index (χ3v) is 2.29. The average molecular weight is 236 g/mol. The van der Waals surface area contributed by atoms with Gasteiger partial charge in [-0.25, -0.2) is 0 Å². The van der Waals surface area contributed by atoms with Crippen LogP contribution >= 0.6 is 11.6 Å². The molecule has 5 heteroatoms. The van der Waals surface area contributed by atoms with E-state index < -0.39 is 0 Å². The van der Waals surface area contributed by atoms with Gasteiger partial charge < -0.3 is 0 Å². The Bertz CT molecular complexity index is 451. The highest BCUT2D eigenvalue weighted by Crippen LogP contribution is 2.20. The van der Waals surface area contributed by atoms with Crippen molar-refractivity contribution in [1.82, 2.24) is 0 Å². The van der Waals surface area contributed by atoms with Crippen molar-refractivity contribution >= 4 is 24.0 Å². The monoisotopic (exact) mass is 235 g/mol. The van der Waals surface area contributed by atoms with Crippen molar-refractivity contribution in [3.8, 4) is 0 Å². The van der Waals surface area contributed by atoms with E-state index in [9.17, 15) is 4.79 Å². The van der Waals surface area contributed by atoms with Gasteiger partial charge in [-0.2, -0.15) is 0 Å². The van der Waals surface area contributed by atoms with Crippen LogP contribution in [0.2, 0.25) is 5.02 Å². The lowest BCUT2D eigenvalue weighted by molar-refractivity contribution is 0.112. The standard InChI is InChI=1S/C11H10ClN3O/c12-11-6-3-4-9(8-16)10(11)5-1-2-7-14-15-13/h1,3-6,8H,2,7H2. The fourth-order valence-corrected chi connectivity index (χ4v) is 1.46. The van der Waals surface area contributed by atoms with Crippen LogP contribution < -0.4 is 0 Å². The van der Waals surface area contributed by atoms with E-state index in [1.165, 1.54) is 0 Å². The number of carbonyl (C=O) groups is 1. The largest absolute Gasteiger partial charge is 0.298 e. The minimum atomic E-state index is 0.397. The lowest BCUT2D eigenvalue weighted by Crippen LogP contribution is -1.86. The quantitative estimate of drug-likeness (QED) is 0.251. The van der Waals surface area contributed by atoms with Crippen molar-refractivity contribution in [3.05, 3.63) is 50.9 Å². The fourth-order valence-electron chi connectivity index (χ4n) is 1.21. The van der Waals surface area contributed by atoms with Gasteiger partial charge in [0.2, 0.25) is 0 Å². The number of rotatable bonds is 5. The number of halogens is 1. The third-order valence-electron chi connectivity index (χ3n) is 1.96. The number of carbonyl (C=O) groups excluding carboxylic acids is 1. The van der Waals surface area contributed by atoms with Crippen LogP contribution in [-0.4, -0.2) is 12.8 Å². The van der Waals surface area contributed by atoms with E-state index >= 15 is 0 Å². The summed E-state index contributed by atoms with van der Waals surface area (Å²) in [6, 6.07) is 5.15. The van der Waals surface area contributed by atoms with Gasteiger partial charge in [0.15, 0.2) is 6.29 Å². The molecule has 16 heavy (non-hydrogen) atoms. The molecule has 82 valence electrons. The van der Waals surface area contributed by atoms with Crippen LogP contribution in [0.3, 0.4) is 0 Å². The second-order valence-corrected chi connectivity index (χ2v) is 3.41. The number of benzene rings is 1. The Hall–Kier alpha value is -1.77. The molecule has 0 aromatic heterocycles. The number of azide groups is 1. The van der Waals surface area contributed by atoms with E-state index in [1.54, 1.807) is 24.3 Å². The van der Waals surface area contributed by atoms with Crippen LogP contribution in [0.5, 0.6) is 0 Å². The SMILES string of the molecule is [N-]=[N+]=NCCC=Cc1c(Cl)cccc1C=O. The van der Waals surface area contributed by atoms with E-state index in [0.29, 0.717) is 29.1 Å². The average Bonchev–Trinajstić information content (AvgIpc) is 2.30. The highest BCUT2D eigenvalue weighted by Gasteiger charge is 2.01. The molecule has 0 fully saturated rings. The zero-order valence-electron chi connectivity index (χ0n) is 8.51. The van der Waals surface area contributed by atoms with Gasteiger partial charge in [0.1, 0.15) is 0 Å². The molecule has 0 heterocycles. The molecule has 4 nitrogen and oxygen atoms in total. The van der Waals surface area contributed by atoms with Crippen LogP contribution in [0.15, 0.2) is 29.4 Å². The van der Waals surface area contributed by atoms with Gasteiger partial charge in [-0.05, 0) is 18.0 Å². The van der Waals surface area contributed by atoms with E-state index in [1.807, 2.05) is 6.08 Å². The zero-order valence-corrected chi connectivity index (χ0v) is 9.26. The molecule has 0 aliphatic rings. The second-order valence-electron chi connectivity index (χ2n) is 3.01. The van der Waals surface area contributed by atoms with E-state index in [2.05, 4.69) is 10.0 Å². The first-order valence-corrected chi connectivity index (χ1v) is 5.08. The highest BCUT2D eigenvalue weighted by atomic mass is 35.5. The Balaban J connectivity index is 2.79. The van der Waals surface area contributed by atoms with Crippen molar-refractivity contribution in [1.29, 1.82) is 0 Å². The number of hydrogen-bond acceptors (Lipinski definition) is 2. The third kappa shape index (κ3) is 3.42. The van der Waals surface area contributed by atoms with Crippen molar-refractivity contribution in [3.63, 3.8) is 0 Å². The molecule has 0 bridgehead atoms. The minimum Gasteiger partial charge on any atom is -0.298 e. The highest BCUT2D eigenvalue weighted by molar-refractivity contribution is 6.32. The predicted octanol–water partition coefficient (Wildman–Crippen LogP) is 3.87. The first-order valence-electron chi connectivity index (χ1n) is 4.70. The fraction of sp³-hybridized carbons (Fsp3) is 0.182. The Morgan fingerprint density at radius 2 is 2.31 bits per heavy atom. The summed E-state index contributed by atoms with van der Waals surface area (Å²) in [5, 5.41) is 3.93. The van der Waals surface area contributed by atoms with Crippen LogP contribution in [0.4, 0.5) is 0 Å². The summed E-state index contributed by atoms with van der Waals surface area (Å²) in [5.41, 5.74) is 9.32. The molecular weight excluding hydrogens is 226 g/mol. The molecule has 0 aliphatic heterocycles. The van der Waals surface area contributed by atoms with Gasteiger partial charge in [0.25, 0.3) is 0 Å². The molecule has 0 unspecified atom stereocenters. The van der Waals surface area contributed by atoms with Gasteiger partial charge in [0, 0.05) is 27.6 Å². The summed E-state index contributed by atoms with van der Waals surface area (Å²) in [7, 11) is 0. The zero-order chi connectivity index (χ0) is 11.8.